The summed E-state index contributed by atoms with van der Waals surface area (Å²) in [7, 11) is 1.48. The van der Waals surface area contributed by atoms with Gasteiger partial charge in [-0.1, -0.05) is 52.5 Å². The molecule has 0 aliphatic heterocycles. The fourth-order valence-electron chi connectivity index (χ4n) is 2.82. The summed E-state index contributed by atoms with van der Waals surface area (Å²) in [5, 5.41) is 6.88. The molecule has 0 saturated carbocycles. The van der Waals surface area contributed by atoms with E-state index in [0.29, 0.717) is 37.8 Å². The van der Waals surface area contributed by atoms with Crippen LogP contribution >= 0.6 is 46.4 Å². The fraction of sp³-hybridized carbons (Fsp3) is 0.0435. The van der Waals surface area contributed by atoms with Crippen LogP contribution in [0.5, 0.6) is 5.75 Å². The Morgan fingerprint density at radius 2 is 1.53 bits per heavy atom. The summed E-state index contributed by atoms with van der Waals surface area (Å²) in [6, 6.07) is 14.5. The van der Waals surface area contributed by atoms with Gasteiger partial charge in [-0.3, -0.25) is 9.59 Å². The van der Waals surface area contributed by atoms with E-state index in [0.717, 1.165) is 0 Å². The van der Waals surface area contributed by atoms with E-state index >= 15 is 0 Å². The van der Waals surface area contributed by atoms with Gasteiger partial charge >= 0.3 is 0 Å². The lowest BCUT2D eigenvalue weighted by molar-refractivity contribution is -0.111. The monoisotopic (exact) mass is 508 g/mol. The molecule has 0 aliphatic carbocycles. The average molecular weight is 510 g/mol. The highest BCUT2D eigenvalue weighted by Crippen LogP contribution is 2.33. The molecule has 2 amide bonds. The molecular formula is C23H16Cl4N2O3. The number of halogens is 4. The van der Waals surface area contributed by atoms with Gasteiger partial charge in [-0.25, -0.2) is 0 Å². The fourth-order valence-corrected chi connectivity index (χ4v) is 3.90. The van der Waals surface area contributed by atoms with Gasteiger partial charge in [-0.2, -0.15) is 0 Å². The van der Waals surface area contributed by atoms with Crippen molar-refractivity contribution < 1.29 is 14.3 Å². The maximum atomic E-state index is 12.5. The van der Waals surface area contributed by atoms with E-state index in [-0.39, 0.29) is 10.6 Å². The normalized spacial score (nSPS) is 10.8. The number of hydrogen-bond acceptors (Lipinski definition) is 3. The molecule has 0 saturated heterocycles. The molecule has 0 spiro atoms. The number of methoxy groups -OCH3 is 1. The number of rotatable bonds is 6. The third-order valence-electron chi connectivity index (χ3n) is 4.22. The SMILES string of the molecule is COc1c(Cl)cc(Cl)cc1C=CC(=O)Nc1cccc(NC(=O)c2ccc(Cl)cc2Cl)c1. The van der Waals surface area contributed by atoms with E-state index in [1.54, 1.807) is 48.5 Å². The zero-order chi connectivity index (χ0) is 23.3. The third kappa shape index (κ3) is 6.17. The first-order chi connectivity index (χ1) is 15.3. The molecule has 3 aromatic carbocycles. The van der Waals surface area contributed by atoms with E-state index in [2.05, 4.69) is 10.6 Å². The molecule has 164 valence electrons. The summed E-state index contributed by atoms with van der Waals surface area (Å²) in [6.07, 6.45) is 2.86. The van der Waals surface area contributed by atoms with Crippen molar-refractivity contribution in [2.24, 2.45) is 0 Å². The summed E-state index contributed by atoms with van der Waals surface area (Å²) >= 11 is 24.1. The van der Waals surface area contributed by atoms with Gasteiger partial charge in [0.15, 0.2) is 0 Å². The van der Waals surface area contributed by atoms with Crippen molar-refractivity contribution in [3.05, 3.63) is 91.9 Å². The van der Waals surface area contributed by atoms with Crippen LogP contribution < -0.4 is 15.4 Å². The standard InChI is InChI=1S/C23H16Cl4N2O3/c1-32-22-13(9-15(25)11-20(22)27)5-8-21(30)28-16-3-2-4-17(12-16)29-23(31)18-7-6-14(24)10-19(18)26/h2-12H,1H3,(H,28,30)(H,29,31). The molecular weight excluding hydrogens is 494 g/mol. The molecule has 2 N–H and O–H groups in total. The lowest BCUT2D eigenvalue weighted by Gasteiger charge is -2.09. The van der Waals surface area contributed by atoms with Crippen molar-refractivity contribution in [3.8, 4) is 5.75 Å². The van der Waals surface area contributed by atoms with Crippen LogP contribution in [0.1, 0.15) is 15.9 Å². The number of benzene rings is 3. The van der Waals surface area contributed by atoms with Gasteiger partial charge in [0.05, 0.1) is 22.7 Å². The highest BCUT2D eigenvalue weighted by Gasteiger charge is 2.12. The maximum absolute atomic E-state index is 12.5. The molecule has 9 heteroatoms. The van der Waals surface area contributed by atoms with Gasteiger partial charge in [0.1, 0.15) is 5.75 Å². The van der Waals surface area contributed by atoms with Gasteiger partial charge in [-0.05, 0) is 54.6 Å². The van der Waals surface area contributed by atoms with E-state index in [1.807, 2.05) is 0 Å². The Morgan fingerprint density at radius 1 is 0.844 bits per heavy atom. The molecule has 0 fully saturated rings. The summed E-state index contributed by atoms with van der Waals surface area (Å²) in [6.45, 7) is 0. The first-order valence-corrected chi connectivity index (χ1v) is 10.7. The van der Waals surface area contributed by atoms with Crippen LogP contribution in [-0.2, 0) is 4.79 Å². The van der Waals surface area contributed by atoms with Crippen LogP contribution in [0.2, 0.25) is 20.1 Å². The number of amides is 2. The molecule has 0 atom stereocenters. The van der Waals surface area contributed by atoms with Gasteiger partial charge in [0, 0.05) is 33.1 Å². The molecule has 0 aromatic heterocycles. The van der Waals surface area contributed by atoms with E-state index in [9.17, 15) is 9.59 Å². The van der Waals surface area contributed by atoms with Crippen LogP contribution in [-0.4, -0.2) is 18.9 Å². The quantitative estimate of drug-likeness (QED) is 0.345. The van der Waals surface area contributed by atoms with Crippen molar-refractivity contribution in [2.45, 2.75) is 0 Å². The van der Waals surface area contributed by atoms with Crippen molar-refractivity contribution in [1.29, 1.82) is 0 Å². The lowest BCUT2D eigenvalue weighted by atomic mass is 10.2. The van der Waals surface area contributed by atoms with E-state index in [1.165, 1.54) is 25.3 Å². The molecule has 3 rings (SSSR count). The van der Waals surface area contributed by atoms with Crippen LogP contribution in [0.4, 0.5) is 11.4 Å². The second-order valence-electron chi connectivity index (χ2n) is 6.49. The van der Waals surface area contributed by atoms with Gasteiger partial charge in [0.25, 0.3) is 5.91 Å². The van der Waals surface area contributed by atoms with E-state index < -0.39 is 11.8 Å². The molecule has 0 unspecified atom stereocenters. The number of carbonyl (C=O) groups is 2. The highest BCUT2D eigenvalue weighted by atomic mass is 35.5. The average Bonchev–Trinajstić information content (AvgIpc) is 2.72. The first-order valence-electron chi connectivity index (χ1n) is 9.15. The minimum absolute atomic E-state index is 0.237. The second-order valence-corrected chi connectivity index (χ2v) is 8.18. The second kappa shape index (κ2) is 10.7. The summed E-state index contributed by atoms with van der Waals surface area (Å²) < 4.78 is 5.26. The predicted octanol–water partition coefficient (Wildman–Crippen LogP) is 7.21. The first kappa shape index (κ1) is 24.0. The zero-order valence-corrected chi connectivity index (χ0v) is 19.6. The number of ether oxygens (including phenoxy) is 1. The smallest absolute Gasteiger partial charge is 0.257 e. The topological polar surface area (TPSA) is 67.4 Å². The Balaban J connectivity index is 1.70. The van der Waals surface area contributed by atoms with Crippen molar-refractivity contribution in [3.63, 3.8) is 0 Å². The van der Waals surface area contributed by atoms with Crippen LogP contribution in [0, 0.1) is 0 Å². The summed E-state index contributed by atoms with van der Waals surface area (Å²) in [5.41, 5.74) is 1.80. The Hall–Kier alpha value is -2.70. The number of hydrogen-bond donors (Lipinski definition) is 2. The number of carbonyl (C=O) groups excluding carboxylic acids is 2. The lowest BCUT2D eigenvalue weighted by Crippen LogP contribution is -2.13. The van der Waals surface area contributed by atoms with Crippen molar-refractivity contribution in [2.75, 3.05) is 17.7 Å². The van der Waals surface area contributed by atoms with E-state index in [4.69, 9.17) is 51.1 Å². The number of anilines is 2. The van der Waals surface area contributed by atoms with Gasteiger partial charge in [-0.15, -0.1) is 0 Å². The van der Waals surface area contributed by atoms with Gasteiger partial charge < -0.3 is 15.4 Å². The largest absolute Gasteiger partial charge is 0.495 e. The molecule has 0 bridgehead atoms. The van der Waals surface area contributed by atoms with Crippen molar-refractivity contribution >= 4 is 75.7 Å². The Labute approximate surface area is 204 Å². The minimum atomic E-state index is -0.403. The molecule has 32 heavy (non-hydrogen) atoms. The minimum Gasteiger partial charge on any atom is -0.495 e. The van der Waals surface area contributed by atoms with Crippen LogP contribution in [0.3, 0.4) is 0 Å². The maximum Gasteiger partial charge on any atom is 0.257 e. The van der Waals surface area contributed by atoms with Crippen LogP contribution in [0.25, 0.3) is 6.08 Å². The van der Waals surface area contributed by atoms with Crippen LogP contribution in [0.15, 0.2) is 60.7 Å². The van der Waals surface area contributed by atoms with Crippen molar-refractivity contribution in [1.82, 2.24) is 0 Å². The molecule has 3 aromatic rings. The third-order valence-corrected chi connectivity index (χ3v) is 5.27. The zero-order valence-electron chi connectivity index (χ0n) is 16.6. The summed E-state index contributed by atoms with van der Waals surface area (Å²) in [5.74, 6) is -0.391. The van der Waals surface area contributed by atoms with Gasteiger partial charge in [0.2, 0.25) is 5.91 Å². The Morgan fingerprint density at radius 3 is 2.22 bits per heavy atom. The Bertz CT molecular complexity index is 1210. The number of nitrogens with one attached hydrogen (secondary N) is 2. The predicted molar refractivity (Wildman–Crippen MR) is 132 cm³/mol. The highest BCUT2D eigenvalue weighted by molar-refractivity contribution is 6.37. The molecule has 0 aliphatic rings. The molecule has 0 radical (unpaired) electrons. The molecule has 0 heterocycles. The summed E-state index contributed by atoms with van der Waals surface area (Å²) in [4.78, 5) is 24.8. The Kier molecular flexibility index (Phi) is 8.04. The molecule has 5 nitrogen and oxygen atoms in total.